The lowest BCUT2D eigenvalue weighted by atomic mass is 10.1. The van der Waals surface area contributed by atoms with Gasteiger partial charge in [0.25, 0.3) is 11.8 Å². The number of halogens is 8. The first kappa shape index (κ1) is 48.2. The van der Waals surface area contributed by atoms with E-state index in [0.29, 0.717) is 74.0 Å². The smallest absolute Gasteiger partial charge is 0.324 e. The third kappa shape index (κ3) is 13.0. The molecule has 7 rings (SSSR count). The molecule has 3 heterocycles. The molecule has 0 aliphatic carbocycles. The molecular formula is C43H39Cl2F6N7O7. The Kier molecular flexibility index (Phi) is 16.8. The van der Waals surface area contributed by atoms with Crippen molar-refractivity contribution < 1.29 is 59.4 Å². The maximum Gasteiger partial charge on any atom is 0.324 e. The van der Waals surface area contributed by atoms with Gasteiger partial charge in [-0.15, -0.1) is 10.2 Å². The Morgan fingerprint density at radius 2 is 1.14 bits per heavy atom. The number of benzene rings is 4. The Hall–Kier alpha value is -6.22. The van der Waals surface area contributed by atoms with Crippen LogP contribution in [0.5, 0.6) is 0 Å². The second kappa shape index (κ2) is 22.6. The number of carbonyl (C=O) groups is 4. The molecule has 5 aromatic rings. The fourth-order valence-electron chi connectivity index (χ4n) is 6.42. The molecular weight excluding hydrogens is 911 g/mol. The first-order valence-electron chi connectivity index (χ1n) is 19.8. The van der Waals surface area contributed by atoms with Crippen molar-refractivity contribution in [3.05, 3.63) is 129 Å². The van der Waals surface area contributed by atoms with Crippen LogP contribution in [-0.4, -0.2) is 109 Å². The quantitative estimate of drug-likeness (QED) is 0.0961. The largest absolute Gasteiger partial charge is 0.415 e. The zero-order chi connectivity index (χ0) is 46.6. The van der Waals surface area contributed by atoms with E-state index in [4.69, 9.17) is 37.1 Å². The van der Waals surface area contributed by atoms with Gasteiger partial charge in [0.1, 0.15) is 11.6 Å². The highest BCUT2D eigenvalue weighted by atomic mass is 35.5. The minimum absolute atomic E-state index is 0.0595. The van der Waals surface area contributed by atoms with E-state index in [1.54, 1.807) is 63.6 Å². The predicted molar refractivity (Wildman–Crippen MR) is 225 cm³/mol. The first-order valence-corrected chi connectivity index (χ1v) is 20.5. The predicted octanol–water partition coefficient (Wildman–Crippen LogP) is 8.43. The number of carbonyl (C=O) groups excluding carboxylic acids is 4. The van der Waals surface area contributed by atoms with Gasteiger partial charge >= 0.3 is 24.9 Å². The highest BCUT2D eigenvalue weighted by Crippen LogP contribution is 2.28. The van der Waals surface area contributed by atoms with E-state index < -0.39 is 48.6 Å². The molecule has 1 aromatic heterocycles. The number of anilines is 2. The molecule has 0 unspecified atom stereocenters. The summed E-state index contributed by atoms with van der Waals surface area (Å²) in [4.78, 5) is 55.5. The van der Waals surface area contributed by atoms with E-state index in [-0.39, 0.29) is 53.3 Å². The monoisotopic (exact) mass is 949 g/mol. The number of rotatable bonds is 12. The van der Waals surface area contributed by atoms with Crippen LogP contribution in [0.2, 0.25) is 10.0 Å². The highest BCUT2D eigenvalue weighted by molar-refractivity contribution is 6.31. The zero-order valence-corrected chi connectivity index (χ0v) is 35.6. The molecule has 65 heavy (non-hydrogen) atoms. The lowest BCUT2D eigenvalue weighted by molar-refractivity contribution is -0.131. The number of nitrogens with zero attached hydrogens (tertiary/aromatic N) is 6. The van der Waals surface area contributed by atoms with Crippen molar-refractivity contribution in [3.8, 4) is 11.5 Å². The molecule has 0 saturated carbocycles. The highest BCUT2D eigenvalue weighted by Gasteiger charge is 2.28. The number of amides is 5. The number of hydrogen-bond donors (Lipinski definition) is 1. The molecule has 0 spiro atoms. The summed E-state index contributed by atoms with van der Waals surface area (Å²) in [5.41, 5.74) is 1.48. The SMILES string of the molecule is O=C(CNC(=O)C(F)F)c1ccc(CN(C(=O)N2CCOCC2)c2ccc(Cl)cc2)c(F)c1.O=C(N1CCOCC1)N(Cc1ccc(-c2nnc(C(F)F)o2)cc1F)c1ccc(Cl)cc1. The molecule has 2 fully saturated rings. The fraction of sp³-hybridized carbons (Fsp3) is 0.302. The third-order valence-electron chi connectivity index (χ3n) is 9.88. The van der Waals surface area contributed by atoms with Crippen LogP contribution in [0.4, 0.5) is 47.3 Å². The summed E-state index contributed by atoms with van der Waals surface area (Å²) in [7, 11) is 0. The maximum atomic E-state index is 14.9. The van der Waals surface area contributed by atoms with Gasteiger partial charge < -0.3 is 29.0 Å². The molecule has 5 amide bonds. The Morgan fingerprint density at radius 1 is 0.662 bits per heavy atom. The van der Waals surface area contributed by atoms with Crippen LogP contribution in [0.15, 0.2) is 89.3 Å². The van der Waals surface area contributed by atoms with Gasteiger partial charge in [0, 0.05) is 69.9 Å². The van der Waals surface area contributed by atoms with Crippen molar-refractivity contribution in [1.29, 1.82) is 0 Å². The van der Waals surface area contributed by atoms with E-state index in [1.807, 2.05) is 0 Å². The van der Waals surface area contributed by atoms with Crippen LogP contribution in [0.1, 0.15) is 33.8 Å². The number of hydrogen-bond acceptors (Lipinski definition) is 9. The summed E-state index contributed by atoms with van der Waals surface area (Å²) >= 11 is 11.9. The Labute approximate surface area is 377 Å². The fourth-order valence-corrected chi connectivity index (χ4v) is 6.67. The summed E-state index contributed by atoms with van der Waals surface area (Å²) in [6.07, 6.45) is -6.17. The number of alkyl halides is 4. The summed E-state index contributed by atoms with van der Waals surface area (Å²) in [6.45, 7) is 2.40. The van der Waals surface area contributed by atoms with Gasteiger partial charge in [0.2, 0.25) is 5.89 Å². The van der Waals surface area contributed by atoms with Gasteiger partial charge in [0.15, 0.2) is 5.78 Å². The lowest BCUT2D eigenvalue weighted by Crippen LogP contribution is -2.48. The van der Waals surface area contributed by atoms with Crippen molar-refractivity contribution >= 4 is 58.3 Å². The summed E-state index contributed by atoms with van der Waals surface area (Å²) in [6, 6.07) is 20.2. The van der Waals surface area contributed by atoms with E-state index in [2.05, 4.69) is 10.2 Å². The third-order valence-corrected chi connectivity index (χ3v) is 10.4. The molecule has 0 radical (unpaired) electrons. The number of ether oxygens (including phenoxy) is 2. The topological polar surface area (TPSA) is 151 Å². The average Bonchev–Trinajstić information content (AvgIpc) is 3.82. The number of urea groups is 2. The number of nitrogens with one attached hydrogen (secondary N) is 1. The van der Waals surface area contributed by atoms with Gasteiger partial charge in [-0.05, 0) is 66.7 Å². The number of aromatic nitrogens is 2. The summed E-state index contributed by atoms with van der Waals surface area (Å²) < 4.78 is 95.0. The summed E-state index contributed by atoms with van der Waals surface area (Å²) in [5.74, 6) is -4.77. The van der Waals surface area contributed by atoms with E-state index in [9.17, 15) is 45.5 Å². The van der Waals surface area contributed by atoms with Crippen molar-refractivity contribution in [2.24, 2.45) is 0 Å². The second-order valence-electron chi connectivity index (χ2n) is 14.2. The van der Waals surface area contributed by atoms with Gasteiger partial charge in [-0.25, -0.2) is 18.4 Å². The van der Waals surface area contributed by atoms with Gasteiger partial charge in [-0.3, -0.25) is 19.4 Å². The van der Waals surface area contributed by atoms with Crippen LogP contribution in [0, 0.1) is 11.6 Å². The lowest BCUT2D eigenvalue weighted by Gasteiger charge is -2.33. The average molecular weight is 951 g/mol. The molecule has 2 aliphatic rings. The standard InChI is InChI=1S/C22H21ClF3N3O4.C21H18ClF3N4O3/c23-16-3-5-17(6-4-16)29(22(32)28-7-9-33-10-8-28)13-15-2-1-14(11-18(15)24)19(30)12-27-21(31)20(25)26;22-15-3-5-16(6-4-15)29(21(30)28-7-9-31-10-8-28)12-14-2-1-13(11-17(14)23)19-26-27-20(32-19)18(24)25/h1-6,11,20H,7-10,12-13H2,(H,27,31);1-6,11,18H,7-10,12H2. The van der Waals surface area contributed by atoms with E-state index >= 15 is 0 Å². The van der Waals surface area contributed by atoms with Crippen LogP contribution >= 0.6 is 23.2 Å². The van der Waals surface area contributed by atoms with Crippen molar-refractivity contribution in [1.82, 2.24) is 25.3 Å². The molecule has 0 atom stereocenters. The minimum Gasteiger partial charge on any atom is -0.415 e. The zero-order valence-electron chi connectivity index (χ0n) is 34.1. The minimum atomic E-state index is -3.25. The number of Topliss-reactive ketones (excluding diaryl/α,β-unsaturated/α-hetero) is 1. The van der Waals surface area contributed by atoms with Crippen LogP contribution < -0.4 is 15.1 Å². The first-order chi connectivity index (χ1) is 31.2. The molecule has 2 aliphatic heterocycles. The van der Waals surface area contributed by atoms with E-state index in [0.717, 1.165) is 12.1 Å². The number of morpholine rings is 2. The second-order valence-corrected chi connectivity index (χ2v) is 15.1. The van der Waals surface area contributed by atoms with E-state index in [1.165, 1.54) is 34.1 Å². The van der Waals surface area contributed by atoms with Crippen molar-refractivity contribution in [2.75, 3.05) is 69.0 Å². The Morgan fingerprint density at radius 3 is 1.57 bits per heavy atom. The number of ketones is 1. The van der Waals surface area contributed by atoms with Crippen LogP contribution in [0.3, 0.4) is 0 Å². The summed E-state index contributed by atoms with van der Waals surface area (Å²) in [5, 5.41) is 9.54. The Balaban J connectivity index is 0.000000215. The van der Waals surface area contributed by atoms with Crippen molar-refractivity contribution in [2.45, 2.75) is 25.9 Å². The molecule has 344 valence electrons. The van der Waals surface area contributed by atoms with Gasteiger partial charge in [-0.1, -0.05) is 41.4 Å². The molecule has 14 nitrogen and oxygen atoms in total. The van der Waals surface area contributed by atoms with Crippen LogP contribution in [0.25, 0.3) is 11.5 Å². The van der Waals surface area contributed by atoms with Crippen LogP contribution in [-0.2, 0) is 27.4 Å². The Bertz CT molecular complexity index is 2440. The molecule has 0 bridgehead atoms. The molecule has 2 saturated heterocycles. The normalized spacial score (nSPS) is 13.9. The molecule has 22 heteroatoms. The molecule has 4 aromatic carbocycles. The van der Waals surface area contributed by atoms with Gasteiger partial charge in [0.05, 0.1) is 46.1 Å². The van der Waals surface area contributed by atoms with Crippen molar-refractivity contribution in [3.63, 3.8) is 0 Å². The van der Waals surface area contributed by atoms with Gasteiger partial charge in [-0.2, -0.15) is 17.6 Å². The maximum absolute atomic E-state index is 14.9. The molecule has 1 N–H and O–H groups in total.